The summed E-state index contributed by atoms with van der Waals surface area (Å²) in [4.78, 5) is 0. The second kappa shape index (κ2) is 10.6. The van der Waals surface area contributed by atoms with Crippen molar-refractivity contribution in [3.05, 3.63) is 69.9 Å². The van der Waals surface area contributed by atoms with Gasteiger partial charge in [0.2, 0.25) is 0 Å². The Morgan fingerprint density at radius 3 is 1.48 bits per heavy atom. The van der Waals surface area contributed by atoms with Crippen LogP contribution in [0.1, 0.15) is 11.1 Å². The standard InChI is InChI=1S/C14H14OS.C2F6NO4S2/c15-14-8-6-13(7-9-14)11-16-10-12-4-2-1-3-5-12;3-1(4,5)14(10,11)9-15(12,13)2(6,7)8/h1-9,15H,10-11H2;/q;-1/p+1. The van der Waals surface area contributed by atoms with Crippen molar-refractivity contribution in [2.75, 3.05) is 0 Å². The lowest BCUT2D eigenvalue weighted by atomic mass is 10.2. The van der Waals surface area contributed by atoms with Gasteiger partial charge in [0.25, 0.3) is 0 Å². The Balaban J connectivity index is 0.000000311. The summed E-state index contributed by atoms with van der Waals surface area (Å²) in [5.74, 6) is 2.46. The molecule has 0 radical (unpaired) electrons. The molecule has 0 amide bonds. The fraction of sp³-hybridized carbons (Fsp3) is 0.250. The van der Waals surface area contributed by atoms with Gasteiger partial charge in [-0.05, 0) is 23.9 Å². The van der Waals surface area contributed by atoms with E-state index in [1.807, 2.05) is 18.2 Å². The van der Waals surface area contributed by atoms with Gasteiger partial charge < -0.3 is 9.23 Å². The number of benzene rings is 2. The third-order valence-corrected chi connectivity index (χ3v) is 7.07. The lowest BCUT2D eigenvalue weighted by Gasteiger charge is -2.22. The molecule has 0 atom stereocenters. The maximum atomic E-state index is 11.4. The van der Waals surface area contributed by atoms with Gasteiger partial charge >= 0.3 is 11.0 Å². The average Bonchev–Trinajstić information content (AvgIpc) is 2.62. The summed E-state index contributed by atoms with van der Waals surface area (Å²) in [5.41, 5.74) is -9.75. The molecule has 0 heterocycles. The monoisotopic (exact) mass is 511 g/mol. The Kier molecular flexibility index (Phi) is 9.22. The SMILES string of the molecule is O=S(=O)([N-]S(=O)(=O)C(F)(F)F)C(F)(F)F.Oc1ccc(C[SH+]Cc2ccccc2)cc1. The van der Waals surface area contributed by atoms with Gasteiger partial charge in [-0.15, -0.1) is 0 Å². The van der Waals surface area contributed by atoms with Crippen molar-refractivity contribution < 1.29 is 48.3 Å². The van der Waals surface area contributed by atoms with E-state index in [-0.39, 0.29) is 0 Å². The summed E-state index contributed by atoms with van der Waals surface area (Å²) in [7, 11) is -13.4. The summed E-state index contributed by atoms with van der Waals surface area (Å²) in [5, 5.41) is 9.16. The predicted octanol–water partition coefficient (Wildman–Crippen LogP) is 3.97. The zero-order valence-corrected chi connectivity index (χ0v) is 17.7. The summed E-state index contributed by atoms with van der Waals surface area (Å²) in [6.07, 6.45) is 0. The number of phenols is 1. The minimum Gasteiger partial charge on any atom is -0.508 e. The molecule has 1 N–H and O–H groups in total. The molecule has 0 aliphatic rings. The molecule has 0 spiro atoms. The molecule has 2 aromatic rings. The number of sulfonamides is 2. The number of aromatic hydroxyl groups is 1. The molecule has 174 valence electrons. The molecule has 0 aliphatic carbocycles. The number of nitrogens with zero attached hydrogens (tertiary/aromatic N) is 1. The molecular formula is C16H15F6NO5S3. The minimum absolute atomic E-state index is 0.337. The molecule has 0 aliphatic heterocycles. The van der Waals surface area contributed by atoms with Crippen molar-refractivity contribution >= 4 is 31.8 Å². The van der Waals surface area contributed by atoms with Crippen LogP contribution in [0.15, 0.2) is 54.6 Å². The van der Waals surface area contributed by atoms with E-state index in [0.717, 1.165) is 15.6 Å². The molecule has 0 saturated heterocycles. The van der Waals surface area contributed by atoms with Crippen molar-refractivity contribution in [2.24, 2.45) is 0 Å². The number of hydrogen-bond acceptors (Lipinski definition) is 5. The maximum absolute atomic E-state index is 11.4. The highest BCUT2D eigenvalue weighted by atomic mass is 32.3. The van der Waals surface area contributed by atoms with E-state index in [2.05, 4.69) is 24.3 Å². The van der Waals surface area contributed by atoms with Crippen molar-refractivity contribution in [1.82, 2.24) is 0 Å². The van der Waals surface area contributed by atoms with E-state index in [4.69, 9.17) is 5.11 Å². The Labute approximate surface area is 178 Å². The van der Waals surface area contributed by atoms with E-state index in [0.29, 0.717) is 5.75 Å². The van der Waals surface area contributed by atoms with Gasteiger partial charge in [-0.3, -0.25) is 0 Å². The van der Waals surface area contributed by atoms with Crippen LogP contribution in [0, 0.1) is 0 Å². The number of hydrogen-bond donors (Lipinski definition) is 1. The highest BCUT2D eigenvalue weighted by Crippen LogP contribution is 2.36. The number of halogens is 6. The molecule has 2 rings (SSSR count). The first-order chi connectivity index (χ1) is 14.1. The van der Waals surface area contributed by atoms with Crippen molar-refractivity contribution in [2.45, 2.75) is 22.5 Å². The fourth-order valence-corrected chi connectivity index (χ4v) is 4.47. The lowest BCUT2D eigenvalue weighted by molar-refractivity contribution is -0.0444. The van der Waals surface area contributed by atoms with Crippen molar-refractivity contribution in [3.63, 3.8) is 0 Å². The van der Waals surface area contributed by atoms with Crippen molar-refractivity contribution in [3.8, 4) is 5.75 Å². The average molecular weight is 511 g/mol. The molecule has 15 heteroatoms. The maximum Gasteiger partial charge on any atom is 0.480 e. The third-order valence-electron chi connectivity index (χ3n) is 3.15. The smallest absolute Gasteiger partial charge is 0.480 e. The molecule has 6 nitrogen and oxygen atoms in total. The molecular weight excluding hydrogens is 496 g/mol. The minimum atomic E-state index is -6.72. The molecule has 0 fully saturated rings. The van der Waals surface area contributed by atoms with Gasteiger partial charge in [0.05, 0.1) is 0 Å². The second-order valence-corrected chi connectivity index (χ2v) is 10.1. The summed E-state index contributed by atoms with van der Waals surface area (Å²) in [6.45, 7) is 0. The lowest BCUT2D eigenvalue weighted by Crippen LogP contribution is -2.30. The fourth-order valence-electron chi connectivity index (χ4n) is 1.71. The van der Waals surface area contributed by atoms with Crippen molar-refractivity contribution in [1.29, 1.82) is 0 Å². The Bertz CT molecular complexity index is 996. The van der Waals surface area contributed by atoms with Crippen LogP contribution in [0.4, 0.5) is 26.3 Å². The van der Waals surface area contributed by atoms with Crippen LogP contribution < -0.4 is 0 Å². The summed E-state index contributed by atoms with van der Waals surface area (Å²) >= 11 is 1.39. The largest absolute Gasteiger partial charge is 0.508 e. The molecule has 2 aromatic carbocycles. The normalized spacial score (nSPS) is 12.7. The van der Waals surface area contributed by atoms with Crippen LogP contribution in [-0.2, 0) is 43.3 Å². The van der Waals surface area contributed by atoms with Crippen LogP contribution >= 0.6 is 0 Å². The van der Waals surface area contributed by atoms with Gasteiger partial charge in [-0.1, -0.05) is 42.5 Å². The first kappa shape index (κ1) is 27.1. The Morgan fingerprint density at radius 1 is 0.710 bits per heavy atom. The quantitative estimate of drug-likeness (QED) is 0.359. The number of rotatable bonds is 6. The zero-order valence-electron chi connectivity index (χ0n) is 15.2. The number of thiol groups is 1. The molecule has 0 saturated carbocycles. The van der Waals surface area contributed by atoms with Gasteiger partial charge in [-0.25, -0.2) is 16.8 Å². The van der Waals surface area contributed by atoms with Gasteiger partial charge in [-0.2, -0.15) is 26.3 Å². The van der Waals surface area contributed by atoms with E-state index >= 15 is 0 Å². The number of phenolic OH excluding ortho intramolecular Hbond substituents is 1. The Morgan fingerprint density at radius 2 is 1.10 bits per heavy atom. The summed E-state index contributed by atoms with van der Waals surface area (Å²) < 4.78 is 109. The van der Waals surface area contributed by atoms with Gasteiger partial charge in [0, 0.05) is 11.1 Å². The van der Waals surface area contributed by atoms with E-state index in [9.17, 15) is 43.2 Å². The van der Waals surface area contributed by atoms with Crippen LogP contribution in [0.5, 0.6) is 5.75 Å². The zero-order chi connectivity index (χ0) is 23.9. The second-order valence-electron chi connectivity index (χ2n) is 5.61. The van der Waals surface area contributed by atoms with E-state index < -0.39 is 31.1 Å². The topological polar surface area (TPSA) is 103 Å². The molecule has 31 heavy (non-hydrogen) atoms. The molecule has 0 aromatic heterocycles. The molecule has 0 bridgehead atoms. The highest BCUT2D eigenvalue weighted by Gasteiger charge is 2.46. The van der Waals surface area contributed by atoms with Crippen LogP contribution in [0.25, 0.3) is 4.13 Å². The van der Waals surface area contributed by atoms with Gasteiger partial charge in [0.15, 0.2) is 20.0 Å². The van der Waals surface area contributed by atoms with Crippen LogP contribution in [-0.4, -0.2) is 33.0 Å². The van der Waals surface area contributed by atoms with Crippen LogP contribution in [0.2, 0.25) is 0 Å². The highest BCUT2D eigenvalue weighted by molar-refractivity contribution is 8.13. The third kappa shape index (κ3) is 8.96. The van der Waals surface area contributed by atoms with Crippen LogP contribution in [0.3, 0.4) is 0 Å². The van der Waals surface area contributed by atoms with E-state index in [1.165, 1.54) is 22.9 Å². The predicted molar refractivity (Wildman–Crippen MR) is 104 cm³/mol. The van der Waals surface area contributed by atoms with Gasteiger partial charge in [0.1, 0.15) is 17.3 Å². The first-order valence-electron chi connectivity index (χ1n) is 7.87. The Hall–Kier alpha value is -1.97. The number of alkyl halides is 6. The first-order valence-corrected chi connectivity index (χ1v) is 12.0. The summed E-state index contributed by atoms with van der Waals surface area (Å²) in [6, 6.07) is 18.0. The molecule has 0 unspecified atom stereocenters. The van der Waals surface area contributed by atoms with E-state index in [1.54, 1.807) is 12.1 Å².